The second kappa shape index (κ2) is 6.25. The lowest BCUT2D eigenvalue weighted by atomic mass is 10.2. The van der Waals surface area contributed by atoms with Crippen LogP contribution in [0.3, 0.4) is 0 Å². The van der Waals surface area contributed by atoms with Gasteiger partial charge in [0, 0.05) is 16.1 Å². The molecule has 2 N–H and O–H groups in total. The van der Waals surface area contributed by atoms with Gasteiger partial charge in [0.25, 0.3) is 0 Å². The van der Waals surface area contributed by atoms with Crippen LogP contribution in [-0.2, 0) is 0 Å². The summed E-state index contributed by atoms with van der Waals surface area (Å²) in [6.07, 6.45) is 0.0353. The van der Waals surface area contributed by atoms with Crippen molar-refractivity contribution in [1.29, 1.82) is 0 Å². The predicted molar refractivity (Wildman–Crippen MR) is 83.2 cm³/mol. The number of rotatable bonds is 4. The average molecular weight is 312 g/mol. The molecule has 0 spiro atoms. The molecule has 0 unspecified atom stereocenters. The van der Waals surface area contributed by atoms with Crippen LogP contribution in [0.5, 0.6) is 17.2 Å². The highest BCUT2D eigenvalue weighted by molar-refractivity contribution is 6.34. The molecule has 0 fully saturated rings. The maximum atomic E-state index is 5.93. The number of nitrogen functional groups attached to an aromatic ring is 1. The molecule has 0 radical (unpaired) electrons. The van der Waals surface area contributed by atoms with Gasteiger partial charge in [0.05, 0.1) is 11.8 Å². The molecule has 0 amide bonds. The van der Waals surface area contributed by atoms with Crippen molar-refractivity contribution in [2.24, 2.45) is 0 Å². The molecule has 106 valence electrons. The van der Waals surface area contributed by atoms with Crippen molar-refractivity contribution in [3.05, 3.63) is 46.4 Å². The van der Waals surface area contributed by atoms with E-state index >= 15 is 0 Å². The van der Waals surface area contributed by atoms with Crippen molar-refractivity contribution >= 4 is 28.9 Å². The summed E-state index contributed by atoms with van der Waals surface area (Å²) in [6.45, 7) is 3.87. The number of ether oxygens (including phenoxy) is 2. The van der Waals surface area contributed by atoms with Gasteiger partial charge in [-0.3, -0.25) is 0 Å². The monoisotopic (exact) mass is 311 g/mol. The van der Waals surface area contributed by atoms with Gasteiger partial charge < -0.3 is 15.2 Å². The molecule has 0 saturated heterocycles. The maximum Gasteiger partial charge on any atom is 0.146 e. The molecule has 2 aromatic rings. The van der Waals surface area contributed by atoms with Crippen LogP contribution in [0.4, 0.5) is 5.69 Å². The predicted octanol–water partition coefficient (Wildman–Crippen LogP) is 5.16. The van der Waals surface area contributed by atoms with Crippen molar-refractivity contribution in [2.45, 2.75) is 20.0 Å². The average Bonchev–Trinajstić information content (AvgIpc) is 2.31. The van der Waals surface area contributed by atoms with E-state index in [0.29, 0.717) is 33.0 Å². The Morgan fingerprint density at radius 3 is 2.20 bits per heavy atom. The fourth-order valence-corrected chi connectivity index (χ4v) is 2.16. The largest absolute Gasteiger partial charge is 0.489 e. The molecule has 5 heteroatoms. The van der Waals surface area contributed by atoms with Crippen LogP contribution in [0, 0.1) is 0 Å². The number of hydrogen-bond acceptors (Lipinski definition) is 3. The first-order valence-corrected chi connectivity index (χ1v) is 6.90. The molecule has 2 aromatic carbocycles. The SMILES string of the molecule is CC(C)Oc1cc(Oc2cc(Cl)cc(Cl)c2)ccc1N. The van der Waals surface area contributed by atoms with Gasteiger partial charge in [0.1, 0.15) is 17.2 Å². The van der Waals surface area contributed by atoms with E-state index in [1.807, 2.05) is 13.8 Å². The molecule has 0 aliphatic heterocycles. The zero-order valence-corrected chi connectivity index (χ0v) is 12.7. The van der Waals surface area contributed by atoms with E-state index in [2.05, 4.69) is 0 Å². The van der Waals surface area contributed by atoms with Gasteiger partial charge in [-0.25, -0.2) is 0 Å². The Kier molecular flexibility index (Phi) is 4.63. The summed E-state index contributed by atoms with van der Waals surface area (Å²) < 4.78 is 11.3. The molecule has 0 aromatic heterocycles. The quantitative estimate of drug-likeness (QED) is 0.794. The summed E-state index contributed by atoms with van der Waals surface area (Å²) in [6, 6.07) is 10.3. The number of benzene rings is 2. The molecule has 20 heavy (non-hydrogen) atoms. The standard InChI is InChI=1S/C15H15Cl2NO2/c1-9(2)19-15-8-12(3-4-14(15)18)20-13-6-10(16)5-11(17)7-13/h3-9H,18H2,1-2H3. The lowest BCUT2D eigenvalue weighted by molar-refractivity contribution is 0.243. The van der Waals surface area contributed by atoms with E-state index < -0.39 is 0 Å². The van der Waals surface area contributed by atoms with Crippen molar-refractivity contribution in [3.63, 3.8) is 0 Å². The van der Waals surface area contributed by atoms with E-state index in [1.165, 1.54) is 0 Å². The van der Waals surface area contributed by atoms with Gasteiger partial charge in [-0.1, -0.05) is 23.2 Å². The lowest BCUT2D eigenvalue weighted by Crippen LogP contribution is -2.07. The molecule has 3 nitrogen and oxygen atoms in total. The number of nitrogens with two attached hydrogens (primary N) is 1. The summed E-state index contributed by atoms with van der Waals surface area (Å²) >= 11 is 11.9. The number of hydrogen-bond donors (Lipinski definition) is 1. The number of halogens is 2. The van der Waals surface area contributed by atoms with Crippen LogP contribution < -0.4 is 15.2 Å². The Hall–Kier alpha value is -1.58. The van der Waals surface area contributed by atoms with E-state index in [1.54, 1.807) is 36.4 Å². The maximum absolute atomic E-state index is 5.93. The first-order valence-electron chi connectivity index (χ1n) is 6.14. The first-order chi connectivity index (χ1) is 9.44. The van der Waals surface area contributed by atoms with Crippen molar-refractivity contribution in [2.75, 3.05) is 5.73 Å². The molecule has 0 saturated carbocycles. The minimum atomic E-state index is 0.0353. The van der Waals surface area contributed by atoms with Crippen LogP contribution >= 0.6 is 23.2 Å². The van der Waals surface area contributed by atoms with Gasteiger partial charge >= 0.3 is 0 Å². The minimum Gasteiger partial charge on any atom is -0.489 e. The Bertz CT molecular complexity index is 595. The second-order valence-electron chi connectivity index (χ2n) is 4.57. The Balaban J connectivity index is 2.25. The summed E-state index contributed by atoms with van der Waals surface area (Å²) in [5, 5.41) is 1.03. The third-order valence-corrected chi connectivity index (χ3v) is 2.86. The summed E-state index contributed by atoms with van der Waals surface area (Å²) in [5.41, 5.74) is 6.42. The second-order valence-corrected chi connectivity index (χ2v) is 5.45. The highest BCUT2D eigenvalue weighted by Gasteiger charge is 2.07. The van der Waals surface area contributed by atoms with Crippen LogP contribution in [0.15, 0.2) is 36.4 Å². The van der Waals surface area contributed by atoms with E-state index in [-0.39, 0.29) is 6.10 Å². The van der Waals surface area contributed by atoms with Crippen LogP contribution in [0.1, 0.15) is 13.8 Å². The zero-order chi connectivity index (χ0) is 14.7. The normalized spacial score (nSPS) is 10.7. The summed E-state index contributed by atoms with van der Waals surface area (Å²) in [5.74, 6) is 1.75. The molecule has 0 heterocycles. The van der Waals surface area contributed by atoms with E-state index in [4.69, 9.17) is 38.4 Å². The molecule has 2 rings (SSSR count). The van der Waals surface area contributed by atoms with Crippen LogP contribution in [0.2, 0.25) is 10.0 Å². The number of anilines is 1. The molecular formula is C15H15Cl2NO2. The van der Waals surface area contributed by atoms with Gasteiger partial charge in [0.2, 0.25) is 0 Å². The van der Waals surface area contributed by atoms with Gasteiger partial charge in [-0.05, 0) is 44.2 Å². The van der Waals surface area contributed by atoms with E-state index in [0.717, 1.165) is 0 Å². The summed E-state index contributed by atoms with van der Waals surface area (Å²) in [7, 11) is 0. The topological polar surface area (TPSA) is 44.5 Å². The van der Waals surface area contributed by atoms with Gasteiger partial charge in [0.15, 0.2) is 0 Å². The van der Waals surface area contributed by atoms with Crippen molar-refractivity contribution in [1.82, 2.24) is 0 Å². The molecule has 0 bridgehead atoms. The molecule has 0 aliphatic carbocycles. The first kappa shape index (κ1) is 14.8. The Morgan fingerprint density at radius 1 is 0.950 bits per heavy atom. The van der Waals surface area contributed by atoms with Crippen molar-refractivity contribution < 1.29 is 9.47 Å². The van der Waals surface area contributed by atoms with Gasteiger partial charge in [-0.2, -0.15) is 0 Å². The fourth-order valence-electron chi connectivity index (χ4n) is 1.66. The van der Waals surface area contributed by atoms with Crippen molar-refractivity contribution in [3.8, 4) is 17.2 Å². The zero-order valence-electron chi connectivity index (χ0n) is 11.2. The highest BCUT2D eigenvalue weighted by atomic mass is 35.5. The smallest absolute Gasteiger partial charge is 0.146 e. The fraction of sp³-hybridized carbons (Fsp3) is 0.200. The molecular weight excluding hydrogens is 297 g/mol. The third-order valence-electron chi connectivity index (χ3n) is 2.42. The minimum absolute atomic E-state index is 0.0353. The molecule has 0 atom stereocenters. The molecule has 0 aliphatic rings. The lowest BCUT2D eigenvalue weighted by Gasteiger charge is -2.14. The van der Waals surface area contributed by atoms with Crippen LogP contribution in [-0.4, -0.2) is 6.10 Å². The third kappa shape index (κ3) is 3.95. The van der Waals surface area contributed by atoms with Gasteiger partial charge in [-0.15, -0.1) is 0 Å². The van der Waals surface area contributed by atoms with Crippen LogP contribution in [0.25, 0.3) is 0 Å². The Morgan fingerprint density at radius 2 is 1.60 bits per heavy atom. The summed E-state index contributed by atoms with van der Waals surface area (Å²) in [4.78, 5) is 0. The highest BCUT2D eigenvalue weighted by Crippen LogP contribution is 2.32. The van der Waals surface area contributed by atoms with E-state index in [9.17, 15) is 0 Å². The Labute approximate surface area is 128 Å².